The van der Waals surface area contributed by atoms with Gasteiger partial charge < -0.3 is 16.0 Å². The van der Waals surface area contributed by atoms with Crippen LogP contribution in [-0.2, 0) is 6.42 Å². The Morgan fingerprint density at radius 1 is 1.37 bits per heavy atom. The van der Waals surface area contributed by atoms with Crippen LogP contribution in [0.4, 0.5) is 5.69 Å². The molecule has 0 unspecified atom stereocenters. The molecule has 2 aromatic rings. The Bertz CT molecular complexity index is 886. The number of nitrogens with two attached hydrogens (primary N) is 1. The summed E-state index contributed by atoms with van der Waals surface area (Å²) in [6.45, 7) is 2.40. The average molecular weight is 406 g/mol. The molecular formula is C19H21Cl2N5O. The fraction of sp³-hybridized carbons (Fsp3) is 0.368. The van der Waals surface area contributed by atoms with Gasteiger partial charge in [-0.25, -0.2) is 9.97 Å². The third-order valence-corrected chi connectivity index (χ3v) is 5.34. The number of aryl methyl sites for hydroxylation is 1. The monoisotopic (exact) mass is 405 g/mol. The lowest BCUT2D eigenvalue weighted by Gasteiger charge is -2.36. The van der Waals surface area contributed by atoms with Crippen molar-refractivity contribution in [2.24, 2.45) is 0 Å². The van der Waals surface area contributed by atoms with E-state index in [0.717, 1.165) is 24.8 Å². The molecule has 1 aliphatic heterocycles. The van der Waals surface area contributed by atoms with Crippen LogP contribution in [0.25, 0.3) is 0 Å². The number of nitrogen functional groups attached to an aromatic ring is 1. The molecule has 1 aliphatic rings. The van der Waals surface area contributed by atoms with Gasteiger partial charge in [0.05, 0.1) is 11.6 Å². The summed E-state index contributed by atoms with van der Waals surface area (Å²) in [7, 11) is 0. The average Bonchev–Trinajstić information content (AvgIpc) is 2.66. The van der Waals surface area contributed by atoms with Gasteiger partial charge in [0, 0.05) is 41.1 Å². The van der Waals surface area contributed by atoms with Gasteiger partial charge in [-0.2, -0.15) is 0 Å². The van der Waals surface area contributed by atoms with E-state index in [-0.39, 0.29) is 18.4 Å². The van der Waals surface area contributed by atoms with E-state index in [9.17, 15) is 4.79 Å². The summed E-state index contributed by atoms with van der Waals surface area (Å²) in [5.41, 5.74) is 7.92. The first kappa shape index (κ1) is 19.6. The predicted octanol–water partition coefficient (Wildman–Crippen LogP) is 3.93. The summed E-state index contributed by atoms with van der Waals surface area (Å²) in [6, 6.07) is 4.55. The molecule has 1 fully saturated rings. The van der Waals surface area contributed by atoms with Crippen LogP contribution in [-0.4, -0.2) is 39.1 Å². The number of carbonyl (C=O) groups excluding carboxylic acids is 1. The number of benzene rings is 1. The van der Waals surface area contributed by atoms with E-state index in [2.05, 4.69) is 9.97 Å². The second-order valence-electron chi connectivity index (χ2n) is 6.70. The van der Waals surface area contributed by atoms with Crippen molar-refractivity contribution in [1.82, 2.24) is 14.9 Å². The second-order valence-corrected chi connectivity index (χ2v) is 7.50. The molecular weight excluding hydrogens is 385 g/mol. The maximum absolute atomic E-state index is 13.1. The van der Waals surface area contributed by atoms with Crippen LogP contribution in [0.2, 0.25) is 10.2 Å². The van der Waals surface area contributed by atoms with E-state index in [1.165, 1.54) is 0 Å². The molecule has 6 nitrogen and oxygen atoms in total. The van der Waals surface area contributed by atoms with E-state index < -0.39 is 0 Å². The minimum atomic E-state index is -0.312. The molecule has 0 bridgehead atoms. The first-order valence-electron chi connectivity index (χ1n) is 8.78. The van der Waals surface area contributed by atoms with Crippen LogP contribution in [0.3, 0.4) is 0 Å². The number of hydrogen-bond donors (Lipinski definition) is 2. The Morgan fingerprint density at radius 2 is 2.15 bits per heavy atom. The lowest BCUT2D eigenvalue weighted by Crippen LogP contribution is -2.48. The molecule has 0 radical (unpaired) electrons. The van der Waals surface area contributed by atoms with Gasteiger partial charge in [-0.1, -0.05) is 23.2 Å². The Hall–Kier alpha value is -2.18. The molecule has 27 heavy (non-hydrogen) atoms. The third-order valence-electron chi connectivity index (χ3n) is 4.72. The lowest BCUT2D eigenvalue weighted by atomic mass is 9.95. The van der Waals surface area contributed by atoms with Crippen molar-refractivity contribution in [2.45, 2.75) is 38.6 Å². The summed E-state index contributed by atoms with van der Waals surface area (Å²) in [5.74, 6) is 0.281. The molecule has 142 valence electrons. The summed E-state index contributed by atoms with van der Waals surface area (Å²) in [6.07, 6.45) is 4.47. The van der Waals surface area contributed by atoms with Crippen LogP contribution in [0.15, 0.2) is 24.4 Å². The van der Waals surface area contributed by atoms with Gasteiger partial charge >= 0.3 is 0 Å². The van der Waals surface area contributed by atoms with E-state index in [0.29, 0.717) is 39.5 Å². The number of carbonyl (C=O) groups is 1. The molecule has 1 atom stereocenters. The van der Waals surface area contributed by atoms with Gasteiger partial charge in [0.2, 0.25) is 0 Å². The van der Waals surface area contributed by atoms with Gasteiger partial charge in [-0.3, -0.25) is 4.79 Å². The van der Waals surface area contributed by atoms with E-state index >= 15 is 0 Å². The molecule has 0 spiro atoms. The molecule has 8 heteroatoms. The molecule has 1 saturated heterocycles. The summed E-state index contributed by atoms with van der Waals surface area (Å²) in [4.78, 5) is 23.3. The molecule has 1 amide bonds. The van der Waals surface area contributed by atoms with Gasteiger partial charge in [-0.15, -0.1) is 0 Å². The van der Waals surface area contributed by atoms with Crippen molar-refractivity contribution in [3.63, 3.8) is 0 Å². The number of halogens is 2. The number of nitrogens with zero attached hydrogens (tertiary/aromatic N) is 3. The first-order valence-corrected chi connectivity index (χ1v) is 9.53. The predicted molar refractivity (Wildman–Crippen MR) is 108 cm³/mol. The fourth-order valence-electron chi connectivity index (χ4n) is 3.23. The van der Waals surface area contributed by atoms with Gasteiger partial charge in [0.15, 0.2) is 0 Å². The summed E-state index contributed by atoms with van der Waals surface area (Å²) in [5, 5.41) is 9.40. The number of amides is 1. The minimum Gasteiger partial charge on any atom is -0.398 e. The lowest BCUT2D eigenvalue weighted by molar-refractivity contribution is 0.0679. The van der Waals surface area contributed by atoms with Crippen LogP contribution in [0.1, 0.15) is 41.0 Å². The third kappa shape index (κ3) is 4.39. The largest absolute Gasteiger partial charge is 0.398 e. The smallest absolute Gasteiger partial charge is 0.256 e. The second kappa shape index (κ2) is 8.23. The van der Waals surface area contributed by atoms with E-state index in [4.69, 9.17) is 34.3 Å². The maximum Gasteiger partial charge on any atom is 0.256 e. The van der Waals surface area contributed by atoms with Crippen molar-refractivity contribution < 1.29 is 4.79 Å². The highest BCUT2D eigenvalue weighted by atomic mass is 35.5. The minimum absolute atomic E-state index is 0.202. The highest BCUT2D eigenvalue weighted by Gasteiger charge is 2.31. The van der Waals surface area contributed by atoms with Gasteiger partial charge in [0.25, 0.3) is 5.91 Å². The number of piperidine rings is 1. The van der Waals surface area contributed by atoms with Crippen LogP contribution >= 0.6 is 23.2 Å². The van der Waals surface area contributed by atoms with Crippen molar-refractivity contribution >= 4 is 40.5 Å². The summed E-state index contributed by atoms with van der Waals surface area (Å²) >= 11 is 12.1. The zero-order chi connectivity index (χ0) is 19.6. The Labute approximate surface area is 168 Å². The Balaban J connectivity index is 1.82. The van der Waals surface area contributed by atoms with Crippen molar-refractivity contribution in [1.29, 1.82) is 5.41 Å². The van der Waals surface area contributed by atoms with Crippen LogP contribution < -0.4 is 5.73 Å². The van der Waals surface area contributed by atoms with Crippen LogP contribution in [0, 0.1) is 12.3 Å². The Morgan fingerprint density at radius 3 is 2.89 bits per heavy atom. The molecule has 1 aromatic heterocycles. The van der Waals surface area contributed by atoms with Crippen molar-refractivity contribution in [2.75, 3.05) is 12.3 Å². The van der Waals surface area contributed by atoms with E-state index in [1.54, 1.807) is 29.3 Å². The molecule has 1 aromatic carbocycles. The quantitative estimate of drug-likeness (QED) is 0.457. The SMILES string of the molecule is Cc1cnc(CC(=N)[C@@H]2CCCCN2C(=O)c2cc(Cl)ccc2N)nc1Cl. The molecule has 0 saturated carbocycles. The van der Waals surface area contributed by atoms with Crippen LogP contribution in [0.5, 0.6) is 0 Å². The topological polar surface area (TPSA) is 96.0 Å². The first-order chi connectivity index (χ1) is 12.9. The normalized spacial score (nSPS) is 17.0. The number of rotatable bonds is 4. The molecule has 3 rings (SSSR count). The molecule has 3 N–H and O–H groups in total. The number of likely N-dealkylation sites (tertiary alicyclic amines) is 1. The van der Waals surface area contributed by atoms with E-state index in [1.807, 2.05) is 6.92 Å². The standard InChI is InChI=1S/C19H21Cl2N5O/c1-11-10-24-17(25-18(11)21)9-15(23)16-4-2-3-7-26(16)19(27)13-8-12(20)5-6-14(13)22/h5-6,8,10,16,23H,2-4,7,9,22H2,1H3/t16-/m0/s1. The van der Waals surface area contributed by atoms with Crippen molar-refractivity contribution in [3.8, 4) is 0 Å². The molecule has 2 heterocycles. The fourth-order valence-corrected chi connectivity index (χ4v) is 3.55. The number of anilines is 1. The number of nitrogens with one attached hydrogen (secondary N) is 1. The molecule has 0 aliphatic carbocycles. The van der Waals surface area contributed by atoms with Gasteiger partial charge in [0.1, 0.15) is 11.0 Å². The zero-order valence-electron chi connectivity index (χ0n) is 15.0. The highest BCUT2D eigenvalue weighted by molar-refractivity contribution is 6.31. The Kier molecular flexibility index (Phi) is 5.97. The zero-order valence-corrected chi connectivity index (χ0v) is 16.5. The maximum atomic E-state index is 13.1. The number of hydrogen-bond acceptors (Lipinski definition) is 5. The van der Waals surface area contributed by atoms with Gasteiger partial charge in [-0.05, 0) is 44.4 Å². The number of aromatic nitrogens is 2. The summed E-state index contributed by atoms with van der Waals surface area (Å²) < 4.78 is 0. The van der Waals surface area contributed by atoms with Crippen molar-refractivity contribution in [3.05, 3.63) is 51.5 Å². The highest BCUT2D eigenvalue weighted by Crippen LogP contribution is 2.25.